The van der Waals surface area contributed by atoms with Gasteiger partial charge in [0, 0.05) is 12.4 Å². The molecule has 0 fully saturated rings. The molecule has 0 atom stereocenters. The van der Waals surface area contributed by atoms with E-state index >= 15 is 0 Å². The van der Waals surface area contributed by atoms with Gasteiger partial charge in [-0.1, -0.05) is 6.07 Å². The average molecular weight is 247 g/mol. The molecule has 1 heterocycles. The number of carbonyl (C=O) groups excluding carboxylic acids is 1. The maximum absolute atomic E-state index is 13.4. The number of benzene rings is 1. The van der Waals surface area contributed by atoms with Gasteiger partial charge in [-0.05, 0) is 12.1 Å². The number of anilines is 2. The van der Waals surface area contributed by atoms with Crippen molar-refractivity contribution in [3.63, 3.8) is 0 Å². The summed E-state index contributed by atoms with van der Waals surface area (Å²) in [6.45, 7) is 0. The lowest BCUT2D eigenvalue weighted by molar-refractivity contribution is 0.102. The number of halogens is 1. The van der Waals surface area contributed by atoms with Gasteiger partial charge in [-0.15, -0.1) is 0 Å². The van der Waals surface area contributed by atoms with Crippen molar-refractivity contribution in [3.05, 3.63) is 48.2 Å². The number of nitrogens with zero attached hydrogens (tertiary/aromatic N) is 2. The first-order valence-electron chi connectivity index (χ1n) is 5.05. The molecule has 18 heavy (non-hydrogen) atoms. The van der Waals surface area contributed by atoms with Gasteiger partial charge in [0.1, 0.15) is 5.82 Å². The number of nitrogens with two attached hydrogens (primary N) is 1. The summed E-state index contributed by atoms with van der Waals surface area (Å²) < 4.78 is 13.4. The van der Waals surface area contributed by atoms with Crippen LogP contribution in [0.1, 0.15) is 10.4 Å². The number of hydrogen-bond donors (Lipinski definition) is 3. The fraction of sp³-hybridized carbons (Fsp3) is 0. The molecular formula is C11H10FN5O. The largest absolute Gasteiger partial charge is 0.321 e. The van der Waals surface area contributed by atoms with Gasteiger partial charge in [0.05, 0.1) is 17.4 Å². The molecule has 2 rings (SSSR count). The molecule has 1 aromatic carbocycles. The zero-order valence-electron chi connectivity index (χ0n) is 9.22. The molecular weight excluding hydrogens is 237 g/mol. The number of rotatable bonds is 3. The number of carbonyl (C=O) groups is 1. The molecule has 0 bridgehead atoms. The molecule has 0 unspecified atom stereocenters. The lowest BCUT2D eigenvalue weighted by Gasteiger charge is -2.09. The third kappa shape index (κ3) is 2.41. The Kier molecular flexibility index (Phi) is 3.44. The van der Waals surface area contributed by atoms with Crippen LogP contribution in [0.2, 0.25) is 0 Å². The van der Waals surface area contributed by atoms with Crippen molar-refractivity contribution in [2.24, 2.45) is 5.84 Å². The standard InChI is InChI=1S/C11H10FN5O/c12-8-3-1-2-7(10(8)17-13)11(18)16-9-6-14-4-5-15-9/h1-6,17H,13H2,(H,15,16,18). The quantitative estimate of drug-likeness (QED) is 0.559. The molecule has 92 valence electrons. The van der Waals surface area contributed by atoms with Crippen LogP contribution in [-0.4, -0.2) is 15.9 Å². The molecule has 0 aliphatic heterocycles. The lowest BCUT2D eigenvalue weighted by Crippen LogP contribution is -2.18. The van der Waals surface area contributed by atoms with E-state index in [0.29, 0.717) is 0 Å². The molecule has 7 heteroatoms. The van der Waals surface area contributed by atoms with E-state index in [1.54, 1.807) is 0 Å². The number of nitrogen functional groups attached to an aromatic ring is 1. The van der Waals surface area contributed by atoms with Crippen molar-refractivity contribution < 1.29 is 9.18 Å². The Bertz CT molecular complexity index is 561. The maximum atomic E-state index is 13.4. The first kappa shape index (κ1) is 11.9. The summed E-state index contributed by atoms with van der Waals surface area (Å²) in [6.07, 6.45) is 4.29. The number of nitrogens with one attached hydrogen (secondary N) is 2. The number of aromatic nitrogens is 2. The van der Waals surface area contributed by atoms with Crippen molar-refractivity contribution in [1.82, 2.24) is 9.97 Å². The minimum atomic E-state index is -0.607. The highest BCUT2D eigenvalue weighted by atomic mass is 19.1. The van der Waals surface area contributed by atoms with Gasteiger partial charge in [0.25, 0.3) is 5.91 Å². The van der Waals surface area contributed by atoms with E-state index in [-0.39, 0.29) is 17.1 Å². The van der Waals surface area contributed by atoms with E-state index in [2.05, 4.69) is 20.7 Å². The monoisotopic (exact) mass is 247 g/mol. The molecule has 0 saturated heterocycles. The van der Waals surface area contributed by atoms with Crippen LogP contribution in [0.15, 0.2) is 36.8 Å². The van der Waals surface area contributed by atoms with Crippen LogP contribution in [0.3, 0.4) is 0 Å². The van der Waals surface area contributed by atoms with Gasteiger partial charge < -0.3 is 10.7 Å². The first-order chi connectivity index (χ1) is 8.72. The Labute approximate surface area is 102 Å². The topological polar surface area (TPSA) is 92.9 Å². The summed E-state index contributed by atoms with van der Waals surface area (Å²) in [5.74, 6) is 4.33. The Morgan fingerprint density at radius 3 is 2.83 bits per heavy atom. The molecule has 4 N–H and O–H groups in total. The molecule has 1 amide bonds. The second-order valence-electron chi connectivity index (χ2n) is 3.35. The van der Waals surface area contributed by atoms with E-state index in [1.807, 2.05) is 0 Å². The molecule has 2 aromatic rings. The fourth-order valence-electron chi connectivity index (χ4n) is 1.41. The Balaban J connectivity index is 2.27. The molecule has 0 spiro atoms. The van der Waals surface area contributed by atoms with Crippen molar-refractivity contribution in [1.29, 1.82) is 0 Å². The molecule has 0 saturated carbocycles. The Morgan fingerprint density at radius 2 is 2.17 bits per heavy atom. The molecule has 1 aromatic heterocycles. The van der Waals surface area contributed by atoms with E-state index in [4.69, 9.17) is 5.84 Å². The lowest BCUT2D eigenvalue weighted by atomic mass is 10.1. The van der Waals surface area contributed by atoms with E-state index in [1.165, 1.54) is 36.8 Å². The summed E-state index contributed by atoms with van der Waals surface area (Å²) >= 11 is 0. The smallest absolute Gasteiger partial charge is 0.259 e. The normalized spacial score (nSPS) is 9.89. The molecule has 6 nitrogen and oxygen atoms in total. The summed E-state index contributed by atoms with van der Waals surface area (Å²) in [6, 6.07) is 4.07. The van der Waals surface area contributed by atoms with Gasteiger partial charge in [-0.25, -0.2) is 9.37 Å². The maximum Gasteiger partial charge on any atom is 0.259 e. The van der Waals surface area contributed by atoms with E-state index in [9.17, 15) is 9.18 Å². The van der Waals surface area contributed by atoms with Gasteiger partial charge in [0.2, 0.25) is 0 Å². The minimum Gasteiger partial charge on any atom is -0.321 e. The average Bonchev–Trinajstić information content (AvgIpc) is 2.39. The van der Waals surface area contributed by atoms with Crippen LogP contribution < -0.4 is 16.6 Å². The minimum absolute atomic E-state index is 0.0705. The van der Waals surface area contributed by atoms with Crippen molar-refractivity contribution in [2.45, 2.75) is 0 Å². The highest BCUT2D eigenvalue weighted by Crippen LogP contribution is 2.19. The molecule has 0 aliphatic carbocycles. The Hall–Kier alpha value is -2.54. The van der Waals surface area contributed by atoms with Crippen molar-refractivity contribution in [3.8, 4) is 0 Å². The van der Waals surface area contributed by atoms with Crippen LogP contribution in [0.5, 0.6) is 0 Å². The highest BCUT2D eigenvalue weighted by Gasteiger charge is 2.14. The van der Waals surface area contributed by atoms with Crippen LogP contribution in [-0.2, 0) is 0 Å². The van der Waals surface area contributed by atoms with Gasteiger partial charge in [-0.2, -0.15) is 0 Å². The number of para-hydroxylation sites is 1. The number of hydrazine groups is 1. The van der Waals surface area contributed by atoms with E-state index in [0.717, 1.165) is 0 Å². The molecule has 0 radical (unpaired) electrons. The summed E-state index contributed by atoms with van der Waals surface area (Å²) in [7, 11) is 0. The second kappa shape index (κ2) is 5.19. The van der Waals surface area contributed by atoms with Gasteiger partial charge >= 0.3 is 0 Å². The zero-order chi connectivity index (χ0) is 13.0. The van der Waals surface area contributed by atoms with Gasteiger partial charge in [0.15, 0.2) is 5.82 Å². The van der Waals surface area contributed by atoms with Crippen LogP contribution in [0.25, 0.3) is 0 Å². The number of hydrogen-bond acceptors (Lipinski definition) is 5. The predicted molar refractivity (Wildman–Crippen MR) is 64.2 cm³/mol. The predicted octanol–water partition coefficient (Wildman–Crippen LogP) is 1.15. The first-order valence-corrected chi connectivity index (χ1v) is 5.05. The zero-order valence-corrected chi connectivity index (χ0v) is 9.22. The van der Waals surface area contributed by atoms with Crippen molar-refractivity contribution >= 4 is 17.4 Å². The number of amides is 1. The summed E-state index contributed by atoms with van der Waals surface area (Å²) in [5.41, 5.74) is 2.17. The summed E-state index contributed by atoms with van der Waals surface area (Å²) in [4.78, 5) is 19.6. The third-order valence-electron chi connectivity index (χ3n) is 2.21. The highest BCUT2D eigenvalue weighted by molar-refractivity contribution is 6.07. The van der Waals surface area contributed by atoms with E-state index < -0.39 is 11.7 Å². The fourth-order valence-corrected chi connectivity index (χ4v) is 1.41. The van der Waals surface area contributed by atoms with Crippen molar-refractivity contribution in [2.75, 3.05) is 10.7 Å². The Morgan fingerprint density at radius 1 is 1.33 bits per heavy atom. The van der Waals surface area contributed by atoms with Crippen LogP contribution in [0.4, 0.5) is 15.9 Å². The molecule has 0 aliphatic rings. The SMILES string of the molecule is NNc1c(F)cccc1C(=O)Nc1cnccn1. The third-order valence-corrected chi connectivity index (χ3v) is 2.21. The second-order valence-corrected chi connectivity index (χ2v) is 3.35. The van der Waals surface area contributed by atoms with Crippen LogP contribution in [0, 0.1) is 5.82 Å². The van der Waals surface area contributed by atoms with Crippen LogP contribution >= 0.6 is 0 Å². The van der Waals surface area contributed by atoms with Gasteiger partial charge in [-0.3, -0.25) is 15.6 Å². The summed E-state index contributed by atoms with van der Waals surface area (Å²) in [5, 5.41) is 2.49.